The zero-order chi connectivity index (χ0) is 14.0. The first kappa shape index (κ1) is 13.5. The van der Waals surface area contributed by atoms with Gasteiger partial charge in [0, 0.05) is 0 Å². The largest absolute Gasteiger partial charge is 0.508 e. The van der Waals surface area contributed by atoms with Crippen molar-refractivity contribution in [3.8, 4) is 5.75 Å². The Morgan fingerprint density at radius 2 is 1.74 bits per heavy atom. The van der Waals surface area contributed by atoms with Gasteiger partial charge in [-0.25, -0.2) is 0 Å². The molecule has 0 radical (unpaired) electrons. The minimum absolute atomic E-state index is 0.285. The standard InChI is InChI=1S/C17H20O2/c1-11(15-4-6-16(18)7-5-15)8-14-9-12(2)17(19)13(3)10-14/h4-9,11,18-19H,10H2,1-3H3. The minimum atomic E-state index is 0.285. The predicted molar refractivity (Wildman–Crippen MR) is 78.3 cm³/mol. The van der Waals surface area contributed by atoms with Crippen LogP contribution in [0.15, 0.2) is 58.9 Å². The van der Waals surface area contributed by atoms with Gasteiger partial charge in [-0.2, -0.15) is 0 Å². The Hall–Kier alpha value is -1.96. The highest BCUT2D eigenvalue weighted by molar-refractivity contribution is 5.43. The zero-order valence-electron chi connectivity index (χ0n) is 11.6. The third-order valence-electron chi connectivity index (χ3n) is 3.53. The Balaban J connectivity index is 2.21. The van der Waals surface area contributed by atoms with Crippen LogP contribution in [-0.4, -0.2) is 10.2 Å². The van der Waals surface area contributed by atoms with Gasteiger partial charge in [-0.3, -0.25) is 0 Å². The van der Waals surface area contributed by atoms with Crippen molar-refractivity contribution in [1.29, 1.82) is 0 Å². The highest BCUT2D eigenvalue weighted by atomic mass is 16.3. The maximum atomic E-state index is 9.80. The van der Waals surface area contributed by atoms with Crippen molar-refractivity contribution in [2.45, 2.75) is 33.1 Å². The van der Waals surface area contributed by atoms with Gasteiger partial charge < -0.3 is 10.2 Å². The Morgan fingerprint density at radius 3 is 2.32 bits per heavy atom. The average molecular weight is 256 g/mol. The van der Waals surface area contributed by atoms with Crippen LogP contribution in [0.4, 0.5) is 0 Å². The van der Waals surface area contributed by atoms with E-state index in [2.05, 4.69) is 13.0 Å². The third kappa shape index (κ3) is 3.08. The highest BCUT2D eigenvalue weighted by Gasteiger charge is 2.13. The Bertz CT molecular complexity index is 559. The van der Waals surface area contributed by atoms with Gasteiger partial charge in [-0.05, 0) is 60.6 Å². The summed E-state index contributed by atoms with van der Waals surface area (Å²) in [5.41, 5.74) is 4.35. The summed E-state index contributed by atoms with van der Waals surface area (Å²) in [7, 11) is 0. The molecule has 2 rings (SSSR count). The van der Waals surface area contributed by atoms with Gasteiger partial charge in [-0.1, -0.05) is 31.2 Å². The van der Waals surface area contributed by atoms with E-state index >= 15 is 0 Å². The minimum Gasteiger partial charge on any atom is -0.508 e. The van der Waals surface area contributed by atoms with Crippen LogP contribution in [0.5, 0.6) is 5.75 Å². The number of hydrogen-bond acceptors (Lipinski definition) is 2. The molecule has 0 fully saturated rings. The molecule has 0 bridgehead atoms. The van der Waals surface area contributed by atoms with Crippen molar-refractivity contribution in [1.82, 2.24) is 0 Å². The fraction of sp³-hybridized carbons (Fsp3) is 0.294. The fourth-order valence-corrected chi connectivity index (χ4v) is 2.43. The van der Waals surface area contributed by atoms with E-state index in [-0.39, 0.29) is 5.92 Å². The third-order valence-corrected chi connectivity index (χ3v) is 3.53. The van der Waals surface area contributed by atoms with Crippen LogP contribution in [0.1, 0.15) is 38.7 Å². The van der Waals surface area contributed by atoms with E-state index in [1.54, 1.807) is 12.1 Å². The second-order valence-corrected chi connectivity index (χ2v) is 5.25. The molecule has 0 spiro atoms. The average Bonchev–Trinajstić information content (AvgIpc) is 2.36. The van der Waals surface area contributed by atoms with Gasteiger partial charge in [0.1, 0.15) is 11.5 Å². The molecule has 0 saturated carbocycles. The lowest BCUT2D eigenvalue weighted by Crippen LogP contribution is -2.00. The number of aliphatic hydroxyl groups is 1. The summed E-state index contributed by atoms with van der Waals surface area (Å²) in [4.78, 5) is 0. The van der Waals surface area contributed by atoms with E-state index in [0.29, 0.717) is 11.5 Å². The number of rotatable bonds is 2. The van der Waals surface area contributed by atoms with E-state index in [1.165, 1.54) is 11.1 Å². The number of allylic oxidation sites excluding steroid dienone is 5. The van der Waals surface area contributed by atoms with Gasteiger partial charge in [0.15, 0.2) is 0 Å². The molecular formula is C17H20O2. The molecule has 19 heavy (non-hydrogen) atoms. The fourth-order valence-electron chi connectivity index (χ4n) is 2.43. The van der Waals surface area contributed by atoms with Crippen molar-refractivity contribution < 1.29 is 10.2 Å². The van der Waals surface area contributed by atoms with Crippen molar-refractivity contribution in [2.75, 3.05) is 0 Å². The maximum absolute atomic E-state index is 9.80. The molecule has 100 valence electrons. The molecule has 0 heterocycles. The molecule has 2 N–H and O–H groups in total. The summed E-state index contributed by atoms with van der Waals surface area (Å²) in [6.45, 7) is 6.03. The molecule has 2 heteroatoms. The Kier molecular flexibility index (Phi) is 3.79. The summed E-state index contributed by atoms with van der Waals surface area (Å²) in [5.74, 6) is 1.00. The Morgan fingerprint density at radius 1 is 1.11 bits per heavy atom. The first-order chi connectivity index (χ1) is 8.97. The molecule has 1 aliphatic carbocycles. The molecule has 0 aromatic heterocycles. The molecule has 0 aliphatic heterocycles. The number of aliphatic hydroxyl groups excluding tert-OH is 1. The highest BCUT2D eigenvalue weighted by Crippen LogP contribution is 2.29. The molecule has 1 aromatic rings. The maximum Gasteiger partial charge on any atom is 0.117 e. The zero-order valence-corrected chi connectivity index (χ0v) is 11.6. The summed E-state index contributed by atoms with van der Waals surface area (Å²) in [6.07, 6.45) is 5.05. The van der Waals surface area contributed by atoms with Crippen LogP contribution in [0, 0.1) is 0 Å². The van der Waals surface area contributed by atoms with Crippen LogP contribution in [0.3, 0.4) is 0 Å². The number of phenolic OH excluding ortho intramolecular Hbond substituents is 1. The van der Waals surface area contributed by atoms with Crippen LogP contribution >= 0.6 is 0 Å². The molecule has 1 atom stereocenters. The molecular weight excluding hydrogens is 236 g/mol. The summed E-state index contributed by atoms with van der Waals surface area (Å²) < 4.78 is 0. The van der Waals surface area contributed by atoms with Gasteiger partial charge in [0.25, 0.3) is 0 Å². The van der Waals surface area contributed by atoms with E-state index in [0.717, 1.165) is 17.6 Å². The smallest absolute Gasteiger partial charge is 0.117 e. The van der Waals surface area contributed by atoms with Crippen molar-refractivity contribution in [3.63, 3.8) is 0 Å². The van der Waals surface area contributed by atoms with Crippen LogP contribution in [0.25, 0.3) is 0 Å². The van der Waals surface area contributed by atoms with Crippen molar-refractivity contribution in [3.05, 3.63) is 64.5 Å². The number of aromatic hydroxyl groups is 1. The van der Waals surface area contributed by atoms with Crippen LogP contribution < -0.4 is 0 Å². The lowest BCUT2D eigenvalue weighted by Gasteiger charge is -2.16. The number of hydrogen-bond donors (Lipinski definition) is 2. The van der Waals surface area contributed by atoms with Gasteiger partial charge >= 0.3 is 0 Å². The second kappa shape index (κ2) is 5.35. The Labute approximate surface area is 114 Å². The predicted octanol–water partition coefficient (Wildman–Crippen LogP) is 4.60. The van der Waals surface area contributed by atoms with E-state index < -0.39 is 0 Å². The normalized spacial score (nSPS) is 19.5. The quantitative estimate of drug-likeness (QED) is 0.811. The first-order valence-corrected chi connectivity index (χ1v) is 6.54. The van der Waals surface area contributed by atoms with E-state index in [9.17, 15) is 10.2 Å². The van der Waals surface area contributed by atoms with Crippen LogP contribution in [0.2, 0.25) is 0 Å². The molecule has 1 unspecified atom stereocenters. The number of phenols is 1. The lowest BCUT2D eigenvalue weighted by molar-refractivity contribution is 0.412. The topological polar surface area (TPSA) is 40.5 Å². The molecule has 1 aromatic carbocycles. The van der Waals surface area contributed by atoms with Gasteiger partial charge in [0.05, 0.1) is 0 Å². The first-order valence-electron chi connectivity index (χ1n) is 6.54. The van der Waals surface area contributed by atoms with Gasteiger partial charge in [-0.15, -0.1) is 0 Å². The monoisotopic (exact) mass is 256 g/mol. The van der Waals surface area contributed by atoms with E-state index in [4.69, 9.17) is 0 Å². The molecule has 1 aliphatic rings. The molecule has 0 amide bonds. The van der Waals surface area contributed by atoms with Crippen molar-refractivity contribution >= 4 is 0 Å². The number of benzene rings is 1. The molecule has 2 nitrogen and oxygen atoms in total. The van der Waals surface area contributed by atoms with Crippen LogP contribution in [-0.2, 0) is 0 Å². The van der Waals surface area contributed by atoms with E-state index in [1.807, 2.05) is 32.1 Å². The summed E-state index contributed by atoms with van der Waals surface area (Å²) >= 11 is 0. The van der Waals surface area contributed by atoms with Crippen molar-refractivity contribution in [2.24, 2.45) is 0 Å². The SMILES string of the molecule is CC1=CC(=CC(C)c2ccc(O)cc2)CC(C)=C1O. The lowest BCUT2D eigenvalue weighted by atomic mass is 9.91. The molecule has 0 saturated heterocycles. The van der Waals surface area contributed by atoms with Gasteiger partial charge in [0.2, 0.25) is 0 Å². The second-order valence-electron chi connectivity index (χ2n) is 5.25. The summed E-state index contributed by atoms with van der Waals surface area (Å²) in [6, 6.07) is 7.31. The summed E-state index contributed by atoms with van der Waals surface area (Å²) in [5, 5.41) is 19.1.